The quantitative estimate of drug-likeness (QED) is 0.632. The summed E-state index contributed by atoms with van der Waals surface area (Å²) < 4.78 is 0. The van der Waals surface area contributed by atoms with Crippen LogP contribution in [-0.4, -0.2) is 11.0 Å². The Labute approximate surface area is 76.4 Å². The van der Waals surface area contributed by atoms with Gasteiger partial charge in [0.05, 0.1) is 0 Å². The summed E-state index contributed by atoms with van der Waals surface area (Å²) in [7, 11) is 0. The number of hydrogen-bond acceptors (Lipinski definition) is 2. The van der Waals surface area contributed by atoms with E-state index in [1.54, 1.807) is 6.07 Å². The summed E-state index contributed by atoms with van der Waals surface area (Å²) in [5.74, 6) is 0.261. The molecule has 0 saturated heterocycles. The van der Waals surface area contributed by atoms with Gasteiger partial charge < -0.3 is 10.4 Å². The lowest BCUT2D eigenvalue weighted by molar-refractivity contribution is -0.116. The molecular formula is C10H11NO2. The molecule has 2 N–H and O–H groups in total. The van der Waals surface area contributed by atoms with Gasteiger partial charge in [-0.15, -0.1) is 0 Å². The molecule has 1 heterocycles. The zero-order valence-corrected chi connectivity index (χ0v) is 7.42. The molecule has 0 fully saturated rings. The van der Waals surface area contributed by atoms with Gasteiger partial charge in [-0.05, 0) is 24.5 Å². The third-order valence-corrected chi connectivity index (χ3v) is 2.32. The normalized spacial score (nSPS) is 15.0. The third kappa shape index (κ3) is 1.37. The third-order valence-electron chi connectivity index (χ3n) is 2.32. The van der Waals surface area contributed by atoms with E-state index < -0.39 is 0 Å². The molecule has 0 unspecified atom stereocenters. The largest absolute Gasteiger partial charge is 0.508 e. The molecular weight excluding hydrogens is 166 g/mol. The SMILES string of the molecule is Cc1cc2c(cc1O)NC(=O)CC2. The number of carbonyl (C=O) groups excluding carboxylic acids is 1. The minimum Gasteiger partial charge on any atom is -0.508 e. The van der Waals surface area contributed by atoms with E-state index in [4.69, 9.17) is 0 Å². The van der Waals surface area contributed by atoms with Gasteiger partial charge in [0.1, 0.15) is 5.75 Å². The van der Waals surface area contributed by atoms with Gasteiger partial charge >= 0.3 is 0 Å². The van der Waals surface area contributed by atoms with Gasteiger partial charge in [0.2, 0.25) is 5.91 Å². The first-order chi connectivity index (χ1) is 6.16. The highest BCUT2D eigenvalue weighted by atomic mass is 16.3. The number of rotatable bonds is 0. The number of phenolic OH excluding ortho intramolecular Hbond substituents is 1. The van der Waals surface area contributed by atoms with Gasteiger partial charge in [0.25, 0.3) is 0 Å². The summed E-state index contributed by atoms with van der Waals surface area (Å²) in [4.78, 5) is 11.0. The van der Waals surface area contributed by atoms with E-state index in [0.29, 0.717) is 6.42 Å². The molecule has 1 aromatic carbocycles. The van der Waals surface area contributed by atoms with Crippen LogP contribution in [0.2, 0.25) is 0 Å². The van der Waals surface area contributed by atoms with Crippen LogP contribution in [-0.2, 0) is 11.2 Å². The zero-order valence-electron chi connectivity index (χ0n) is 7.42. The van der Waals surface area contributed by atoms with Gasteiger partial charge in [-0.2, -0.15) is 0 Å². The lowest BCUT2D eigenvalue weighted by Crippen LogP contribution is -2.18. The Hall–Kier alpha value is -1.51. The molecule has 0 aromatic heterocycles. The van der Waals surface area contributed by atoms with Crippen LogP contribution in [0.25, 0.3) is 0 Å². The van der Waals surface area contributed by atoms with Crippen molar-refractivity contribution in [1.29, 1.82) is 0 Å². The van der Waals surface area contributed by atoms with Crippen molar-refractivity contribution in [3.8, 4) is 5.75 Å². The molecule has 0 aliphatic carbocycles. The molecule has 68 valence electrons. The van der Waals surface area contributed by atoms with E-state index in [1.807, 2.05) is 13.0 Å². The van der Waals surface area contributed by atoms with Crippen molar-refractivity contribution in [3.05, 3.63) is 23.3 Å². The Kier molecular flexibility index (Phi) is 1.72. The number of aryl methyl sites for hydroxylation is 2. The molecule has 1 aromatic rings. The van der Waals surface area contributed by atoms with Gasteiger partial charge in [0, 0.05) is 18.2 Å². The maximum atomic E-state index is 11.0. The first-order valence-corrected chi connectivity index (χ1v) is 4.29. The number of benzene rings is 1. The fourth-order valence-electron chi connectivity index (χ4n) is 1.54. The number of phenols is 1. The summed E-state index contributed by atoms with van der Waals surface area (Å²) in [5.41, 5.74) is 2.71. The smallest absolute Gasteiger partial charge is 0.224 e. The van der Waals surface area contributed by atoms with Crippen molar-refractivity contribution >= 4 is 11.6 Å². The number of carbonyl (C=O) groups is 1. The Balaban J connectivity index is 2.49. The number of fused-ring (bicyclic) bond motifs is 1. The van der Waals surface area contributed by atoms with Gasteiger partial charge in [-0.3, -0.25) is 4.79 Å². The molecule has 3 nitrogen and oxygen atoms in total. The number of hydrogen-bond donors (Lipinski definition) is 2. The van der Waals surface area contributed by atoms with E-state index in [2.05, 4.69) is 5.32 Å². The minimum atomic E-state index is 0.0238. The molecule has 1 aliphatic heterocycles. The van der Waals surface area contributed by atoms with Gasteiger partial charge in [0.15, 0.2) is 0 Å². The predicted octanol–water partition coefficient (Wildman–Crippen LogP) is 1.59. The lowest BCUT2D eigenvalue weighted by atomic mass is 10.0. The van der Waals surface area contributed by atoms with Crippen molar-refractivity contribution in [2.45, 2.75) is 19.8 Å². The molecule has 0 spiro atoms. The van der Waals surface area contributed by atoms with E-state index >= 15 is 0 Å². The van der Waals surface area contributed by atoms with Crippen LogP contribution >= 0.6 is 0 Å². The molecule has 13 heavy (non-hydrogen) atoms. The summed E-state index contributed by atoms with van der Waals surface area (Å²) in [6.45, 7) is 1.85. The van der Waals surface area contributed by atoms with Crippen molar-refractivity contribution < 1.29 is 9.90 Å². The van der Waals surface area contributed by atoms with E-state index in [1.165, 1.54) is 0 Å². The highest BCUT2D eigenvalue weighted by Gasteiger charge is 2.15. The van der Waals surface area contributed by atoms with Crippen LogP contribution in [0.4, 0.5) is 5.69 Å². The average molecular weight is 177 g/mol. The molecule has 0 atom stereocenters. The molecule has 1 amide bonds. The second kappa shape index (κ2) is 2.76. The van der Waals surface area contributed by atoms with Crippen molar-refractivity contribution in [1.82, 2.24) is 0 Å². The second-order valence-corrected chi connectivity index (χ2v) is 3.34. The van der Waals surface area contributed by atoms with E-state index in [9.17, 15) is 9.90 Å². The van der Waals surface area contributed by atoms with Crippen LogP contribution in [0.5, 0.6) is 5.75 Å². The van der Waals surface area contributed by atoms with Gasteiger partial charge in [-0.25, -0.2) is 0 Å². The van der Waals surface area contributed by atoms with Crippen molar-refractivity contribution in [3.63, 3.8) is 0 Å². The standard InChI is InChI=1S/C10H11NO2/c1-6-4-7-2-3-10(13)11-8(7)5-9(6)12/h4-5,12H,2-3H2,1H3,(H,11,13). The monoisotopic (exact) mass is 177 g/mol. The number of amides is 1. The number of nitrogens with one attached hydrogen (secondary N) is 1. The van der Waals surface area contributed by atoms with Crippen LogP contribution in [0, 0.1) is 6.92 Å². The van der Waals surface area contributed by atoms with Crippen molar-refractivity contribution in [2.24, 2.45) is 0 Å². The van der Waals surface area contributed by atoms with Crippen LogP contribution in [0.1, 0.15) is 17.5 Å². The highest BCUT2D eigenvalue weighted by molar-refractivity contribution is 5.94. The van der Waals surface area contributed by atoms with Crippen molar-refractivity contribution in [2.75, 3.05) is 5.32 Å². The fraction of sp³-hybridized carbons (Fsp3) is 0.300. The van der Waals surface area contributed by atoms with Gasteiger partial charge in [-0.1, -0.05) is 6.07 Å². The molecule has 0 saturated carbocycles. The van der Waals surface area contributed by atoms with E-state index in [0.717, 1.165) is 23.2 Å². The zero-order chi connectivity index (χ0) is 9.42. The molecule has 0 bridgehead atoms. The summed E-state index contributed by atoms with van der Waals surface area (Å²) in [6.07, 6.45) is 1.31. The first-order valence-electron chi connectivity index (χ1n) is 4.29. The number of anilines is 1. The topological polar surface area (TPSA) is 49.3 Å². The lowest BCUT2D eigenvalue weighted by Gasteiger charge is -2.17. The molecule has 1 aliphatic rings. The number of aromatic hydroxyl groups is 1. The second-order valence-electron chi connectivity index (χ2n) is 3.34. The van der Waals surface area contributed by atoms with Crippen LogP contribution in [0.15, 0.2) is 12.1 Å². The summed E-state index contributed by atoms with van der Waals surface area (Å²) in [6, 6.07) is 3.53. The fourth-order valence-corrected chi connectivity index (χ4v) is 1.54. The van der Waals surface area contributed by atoms with Crippen LogP contribution < -0.4 is 5.32 Å². The molecule has 0 radical (unpaired) electrons. The maximum Gasteiger partial charge on any atom is 0.224 e. The summed E-state index contributed by atoms with van der Waals surface area (Å²) in [5, 5.41) is 12.1. The average Bonchev–Trinajstić information content (AvgIpc) is 2.08. The predicted molar refractivity (Wildman–Crippen MR) is 49.8 cm³/mol. The summed E-state index contributed by atoms with van der Waals surface area (Å²) >= 11 is 0. The Morgan fingerprint density at radius 2 is 2.15 bits per heavy atom. The van der Waals surface area contributed by atoms with Crippen LogP contribution in [0.3, 0.4) is 0 Å². The Morgan fingerprint density at radius 3 is 2.92 bits per heavy atom. The Morgan fingerprint density at radius 1 is 1.38 bits per heavy atom. The first kappa shape index (κ1) is 8.10. The Bertz CT molecular complexity index is 371. The maximum absolute atomic E-state index is 11.0. The molecule has 2 rings (SSSR count). The minimum absolute atomic E-state index is 0.0238. The highest BCUT2D eigenvalue weighted by Crippen LogP contribution is 2.29. The molecule has 3 heteroatoms. The van der Waals surface area contributed by atoms with E-state index in [-0.39, 0.29) is 11.7 Å².